The Morgan fingerprint density at radius 1 is 1.20 bits per heavy atom. The maximum atomic E-state index is 13.0. The minimum absolute atomic E-state index is 0.0760. The van der Waals surface area contributed by atoms with Crippen LogP contribution < -0.4 is 15.0 Å². The van der Waals surface area contributed by atoms with Crippen molar-refractivity contribution in [1.29, 1.82) is 0 Å². The maximum Gasteiger partial charge on any atom is 0.282 e. The van der Waals surface area contributed by atoms with E-state index in [9.17, 15) is 14.9 Å². The number of nitro benzene ring substituents is 1. The van der Waals surface area contributed by atoms with E-state index in [1.165, 1.54) is 41.3 Å². The number of non-ortho nitro benzene ring substituents is 1. The molecule has 1 amide bonds. The summed E-state index contributed by atoms with van der Waals surface area (Å²) in [5.74, 6) is 0.650. The third-order valence-electron chi connectivity index (χ3n) is 5.76. The fraction of sp³-hybridized carbons (Fsp3) is 0.435. The van der Waals surface area contributed by atoms with E-state index in [0.29, 0.717) is 17.6 Å². The molecule has 2 aromatic rings. The lowest BCUT2D eigenvalue weighted by atomic mass is 10.0. The molecule has 1 aliphatic rings. The zero-order valence-electron chi connectivity index (χ0n) is 18.0. The van der Waals surface area contributed by atoms with Gasteiger partial charge in [0.05, 0.1) is 29.8 Å². The highest BCUT2D eigenvalue weighted by atomic mass is 16.6. The van der Waals surface area contributed by atoms with Crippen LogP contribution in [0.25, 0.3) is 0 Å². The van der Waals surface area contributed by atoms with Gasteiger partial charge in [-0.25, -0.2) is 0 Å². The molecule has 0 aromatic heterocycles. The Morgan fingerprint density at radius 2 is 1.87 bits per heavy atom. The highest BCUT2D eigenvalue weighted by molar-refractivity contribution is 5.95. The van der Waals surface area contributed by atoms with Crippen LogP contribution in [0.5, 0.6) is 5.75 Å². The van der Waals surface area contributed by atoms with Crippen LogP contribution >= 0.6 is 0 Å². The molecule has 0 heterocycles. The minimum Gasteiger partial charge on any atom is -0.494 e. The second-order valence-electron chi connectivity index (χ2n) is 8.27. The van der Waals surface area contributed by atoms with E-state index in [-0.39, 0.29) is 23.4 Å². The number of nitrogens with zero attached hydrogens (tertiary/aromatic N) is 1. The van der Waals surface area contributed by atoms with Crippen LogP contribution in [0.4, 0.5) is 11.4 Å². The van der Waals surface area contributed by atoms with Gasteiger partial charge in [-0.1, -0.05) is 38.1 Å². The molecule has 2 aromatic carbocycles. The van der Waals surface area contributed by atoms with E-state index >= 15 is 0 Å². The molecule has 1 fully saturated rings. The lowest BCUT2D eigenvalue weighted by Gasteiger charge is -2.26. The molecule has 1 unspecified atom stereocenters. The largest absolute Gasteiger partial charge is 0.494 e. The van der Waals surface area contributed by atoms with Crippen LogP contribution in [0.2, 0.25) is 0 Å². The molecule has 3 rings (SSSR count). The van der Waals surface area contributed by atoms with Crippen molar-refractivity contribution in [2.45, 2.75) is 58.2 Å². The number of benzene rings is 2. The molecule has 0 bridgehead atoms. The third kappa shape index (κ3) is 5.16. The molecule has 0 aliphatic heterocycles. The maximum absolute atomic E-state index is 13.0. The summed E-state index contributed by atoms with van der Waals surface area (Å²) in [5, 5.41) is 13.9. The quantitative estimate of drug-likeness (QED) is 0.489. The topological polar surface area (TPSA) is 85.9 Å². The number of rotatable bonds is 9. The summed E-state index contributed by atoms with van der Waals surface area (Å²) in [4.78, 5) is 24.7. The van der Waals surface area contributed by atoms with Gasteiger partial charge in [-0.05, 0) is 24.5 Å². The molecule has 2 N–H and O–H groups in total. The zero-order valence-corrected chi connectivity index (χ0v) is 18.0. The Kier molecular flexibility index (Phi) is 6.72. The molecular weight excluding hydrogens is 382 g/mol. The second kappa shape index (κ2) is 9.26. The number of anilines is 1. The summed E-state index contributed by atoms with van der Waals surface area (Å²) in [7, 11) is 1.43. The standard InChI is InChI=1S/C23H29N3O4/c1-15(2)18-7-5-17(6-8-18)14-25(19-9-10-19)16(3)23(27)24-21-12-11-20(26(28)29)13-22(21)30-4/h5-8,11-13,15-16,19H,9-10,14H2,1-4H3,(H,24,27)/p+1/t16-/m1/s1. The van der Waals surface area contributed by atoms with Gasteiger partial charge in [0.2, 0.25) is 0 Å². The van der Waals surface area contributed by atoms with Crippen LogP contribution in [0.3, 0.4) is 0 Å². The Labute approximate surface area is 177 Å². The summed E-state index contributed by atoms with van der Waals surface area (Å²) in [6.07, 6.45) is 2.25. The predicted octanol–water partition coefficient (Wildman–Crippen LogP) is 3.30. The smallest absolute Gasteiger partial charge is 0.282 e. The number of ether oxygens (including phenoxy) is 1. The van der Waals surface area contributed by atoms with E-state index in [1.807, 2.05) is 6.92 Å². The summed E-state index contributed by atoms with van der Waals surface area (Å²) in [6, 6.07) is 13.1. The highest BCUT2D eigenvalue weighted by Gasteiger charge is 2.39. The molecule has 160 valence electrons. The van der Waals surface area contributed by atoms with Gasteiger partial charge in [0.25, 0.3) is 11.6 Å². The molecule has 0 saturated heterocycles. The van der Waals surface area contributed by atoms with Crippen molar-refractivity contribution in [2.75, 3.05) is 12.4 Å². The van der Waals surface area contributed by atoms with Gasteiger partial charge in [0.15, 0.2) is 6.04 Å². The number of carbonyl (C=O) groups is 1. The summed E-state index contributed by atoms with van der Waals surface area (Å²) in [5.41, 5.74) is 2.89. The van der Waals surface area contributed by atoms with Crippen molar-refractivity contribution in [3.63, 3.8) is 0 Å². The number of hydrogen-bond acceptors (Lipinski definition) is 4. The molecule has 7 heteroatoms. The number of hydrogen-bond donors (Lipinski definition) is 2. The van der Waals surface area contributed by atoms with Crippen molar-refractivity contribution in [1.82, 2.24) is 0 Å². The predicted molar refractivity (Wildman–Crippen MR) is 116 cm³/mol. The fourth-order valence-corrected chi connectivity index (χ4v) is 3.67. The summed E-state index contributed by atoms with van der Waals surface area (Å²) in [6.45, 7) is 7.07. The molecule has 30 heavy (non-hydrogen) atoms. The zero-order chi connectivity index (χ0) is 21.8. The first-order valence-electron chi connectivity index (χ1n) is 10.4. The first-order valence-corrected chi connectivity index (χ1v) is 10.4. The van der Waals surface area contributed by atoms with Crippen LogP contribution in [-0.2, 0) is 11.3 Å². The Hall–Kier alpha value is -2.93. The number of quaternary nitrogens is 1. The molecule has 0 radical (unpaired) electrons. The molecule has 7 nitrogen and oxygen atoms in total. The van der Waals surface area contributed by atoms with Crippen LogP contribution in [0.15, 0.2) is 42.5 Å². The van der Waals surface area contributed by atoms with Crippen molar-refractivity contribution in [2.24, 2.45) is 0 Å². The van der Waals surface area contributed by atoms with Gasteiger partial charge in [-0.2, -0.15) is 0 Å². The van der Waals surface area contributed by atoms with Gasteiger partial charge in [-0.3, -0.25) is 14.9 Å². The number of nitrogens with one attached hydrogen (secondary N) is 2. The molecule has 2 atom stereocenters. The number of carbonyl (C=O) groups excluding carboxylic acids is 1. The number of nitro groups is 1. The number of methoxy groups -OCH3 is 1. The Bertz CT molecular complexity index is 907. The highest BCUT2D eigenvalue weighted by Crippen LogP contribution is 2.29. The van der Waals surface area contributed by atoms with E-state index in [0.717, 1.165) is 19.4 Å². The fourth-order valence-electron chi connectivity index (χ4n) is 3.67. The van der Waals surface area contributed by atoms with Gasteiger partial charge in [0.1, 0.15) is 12.3 Å². The van der Waals surface area contributed by atoms with Gasteiger partial charge in [0, 0.05) is 24.5 Å². The average Bonchev–Trinajstić information content (AvgIpc) is 3.57. The van der Waals surface area contributed by atoms with Crippen molar-refractivity contribution >= 4 is 17.3 Å². The van der Waals surface area contributed by atoms with Crippen LogP contribution in [0, 0.1) is 10.1 Å². The van der Waals surface area contributed by atoms with Crippen LogP contribution in [-0.4, -0.2) is 30.0 Å². The molecule has 1 aliphatic carbocycles. The van der Waals surface area contributed by atoms with E-state index in [2.05, 4.69) is 43.4 Å². The second-order valence-corrected chi connectivity index (χ2v) is 8.27. The monoisotopic (exact) mass is 412 g/mol. The molecular formula is C23H30N3O4+. The first-order chi connectivity index (χ1) is 14.3. The summed E-state index contributed by atoms with van der Waals surface area (Å²) >= 11 is 0. The Balaban J connectivity index is 1.72. The molecule has 1 saturated carbocycles. The third-order valence-corrected chi connectivity index (χ3v) is 5.76. The van der Waals surface area contributed by atoms with Crippen molar-refractivity contribution < 1.29 is 19.4 Å². The Morgan fingerprint density at radius 3 is 2.40 bits per heavy atom. The number of amides is 1. The van der Waals surface area contributed by atoms with Crippen LogP contribution in [0.1, 0.15) is 50.7 Å². The normalized spacial score (nSPS) is 15.5. The molecule has 0 spiro atoms. The van der Waals surface area contributed by atoms with Crippen molar-refractivity contribution in [3.8, 4) is 5.75 Å². The first kappa shape index (κ1) is 21.8. The SMILES string of the molecule is COc1cc([N+](=O)[O-])ccc1NC(=O)[C@@H](C)[NH+](Cc1ccc(C(C)C)cc1)C1CC1. The van der Waals surface area contributed by atoms with Gasteiger partial charge < -0.3 is 15.0 Å². The minimum atomic E-state index is -0.486. The van der Waals surface area contributed by atoms with E-state index in [1.54, 1.807) is 0 Å². The van der Waals surface area contributed by atoms with E-state index in [4.69, 9.17) is 4.74 Å². The van der Waals surface area contributed by atoms with Gasteiger partial charge in [-0.15, -0.1) is 0 Å². The lowest BCUT2D eigenvalue weighted by Crippen LogP contribution is -3.16. The van der Waals surface area contributed by atoms with E-state index < -0.39 is 4.92 Å². The van der Waals surface area contributed by atoms with Gasteiger partial charge >= 0.3 is 0 Å². The summed E-state index contributed by atoms with van der Waals surface area (Å²) < 4.78 is 5.24. The average molecular weight is 413 g/mol. The van der Waals surface area contributed by atoms with Crippen molar-refractivity contribution in [3.05, 3.63) is 63.7 Å². The lowest BCUT2D eigenvalue weighted by molar-refractivity contribution is -0.938.